The molecule has 1 aliphatic rings. The fourth-order valence-electron chi connectivity index (χ4n) is 1.76. The largest absolute Gasteiger partial charge is 0.472 e. The van der Waals surface area contributed by atoms with Crippen molar-refractivity contribution in [3.05, 3.63) is 18.3 Å². The summed E-state index contributed by atoms with van der Waals surface area (Å²) in [5, 5.41) is 7.52. The van der Waals surface area contributed by atoms with Crippen molar-refractivity contribution in [1.82, 2.24) is 18.8 Å². The van der Waals surface area contributed by atoms with E-state index in [0.29, 0.717) is 25.4 Å². The van der Waals surface area contributed by atoms with E-state index in [1.165, 1.54) is 22.7 Å². The van der Waals surface area contributed by atoms with Gasteiger partial charge < -0.3 is 4.74 Å². The molecule has 0 saturated carbocycles. The van der Waals surface area contributed by atoms with E-state index in [-0.39, 0.29) is 6.10 Å². The van der Waals surface area contributed by atoms with E-state index in [9.17, 15) is 8.42 Å². The van der Waals surface area contributed by atoms with Gasteiger partial charge >= 0.3 is 0 Å². The van der Waals surface area contributed by atoms with E-state index in [4.69, 9.17) is 4.74 Å². The number of hydrogen-bond acceptors (Lipinski definition) is 5. The van der Waals surface area contributed by atoms with Crippen LogP contribution in [0.4, 0.5) is 0 Å². The van der Waals surface area contributed by atoms with Crippen LogP contribution in [0.15, 0.2) is 18.3 Å². The van der Waals surface area contributed by atoms with Crippen LogP contribution in [-0.4, -0.2) is 60.5 Å². The van der Waals surface area contributed by atoms with Crippen LogP contribution in [0, 0.1) is 0 Å². The highest BCUT2D eigenvalue weighted by atomic mass is 32.2. The third-order valence-electron chi connectivity index (χ3n) is 2.73. The van der Waals surface area contributed by atoms with E-state index in [1.807, 2.05) is 0 Å². The van der Waals surface area contributed by atoms with Crippen molar-refractivity contribution in [3.63, 3.8) is 0 Å². The molecule has 2 heterocycles. The van der Waals surface area contributed by atoms with Crippen LogP contribution in [0.1, 0.15) is 6.42 Å². The number of aromatic nitrogens is 2. The van der Waals surface area contributed by atoms with E-state index in [2.05, 4.69) is 10.2 Å². The zero-order valence-corrected chi connectivity index (χ0v) is 11.2. The minimum Gasteiger partial charge on any atom is -0.472 e. The quantitative estimate of drug-likeness (QED) is 0.754. The summed E-state index contributed by atoms with van der Waals surface area (Å²) in [4.78, 5) is 0. The smallest absolute Gasteiger partial charge is 0.281 e. The third-order valence-corrected chi connectivity index (χ3v) is 4.64. The SMILES string of the molecule is CN(C)S(=O)(=O)N1CCC(Oc2cccnn2)C1. The lowest BCUT2D eigenvalue weighted by Gasteiger charge is -2.20. The molecule has 1 atom stereocenters. The second-order valence-electron chi connectivity index (χ2n) is 4.24. The molecule has 0 aromatic carbocycles. The van der Waals surface area contributed by atoms with Crippen molar-refractivity contribution >= 4 is 10.2 Å². The molecular formula is C10H16N4O3S. The Balaban J connectivity index is 1.97. The monoisotopic (exact) mass is 272 g/mol. The summed E-state index contributed by atoms with van der Waals surface area (Å²) in [6.07, 6.45) is 2.05. The highest BCUT2D eigenvalue weighted by Crippen LogP contribution is 2.19. The molecule has 0 amide bonds. The number of rotatable bonds is 4. The Bertz CT molecular complexity index is 491. The van der Waals surface area contributed by atoms with Crippen molar-refractivity contribution < 1.29 is 13.2 Å². The number of nitrogens with zero attached hydrogens (tertiary/aromatic N) is 4. The van der Waals surface area contributed by atoms with Gasteiger partial charge in [0.05, 0.1) is 6.54 Å². The molecule has 1 aliphatic heterocycles. The summed E-state index contributed by atoms with van der Waals surface area (Å²) in [5.41, 5.74) is 0. The van der Waals surface area contributed by atoms with Gasteiger partial charge in [-0.15, -0.1) is 5.10 Å². The van der Waals surface area contributed by atoms with Gasteiger partial charge in [0, 0.05) is 32.9 Å². The molecule has 0 N–H and O–H groups in total. The van der Waals surface area contributed by atoms with Crippen LogP contribution >= 0.6 is 0 Å². The van der Waals surface area contributed by atoms with Gasteiger partial charge in [-0.25, -0.2) is 0 Å². The average Bonchev–Trinajstić information content (AvgIpc) is 2.79. The van der Waals surface area contributed by atoms with Crippen molar-refractivity contribution in [3.8, 4) is 5.88 Å². The fraction of sp³-hybridized carbons (Fsp3) is 0.600. The second-order valence-corrected chi connectivity index (χ2v) is 6.38. The fourth-order valence-corrected chi connectivity index (χ4v) is 2.91. The maximum atomic E-state index is 11.9. The molecule has 0 spiro atoms. The predicted octanol–water partition coefficient (Wildman–Crippen LogP) is -0.264. The van der Waals surface area contributed by atoms with Gasteiger partial charge in [0.2, 0.25) is 5.88 Å². The normalized spacial score (nSPS) is 21.4. The van der Waals surface area contributed by atoms with Gasteiger partial charge in [-0.2, -0.15) is 22.1 Å². The molecule has 8 heteroatoms. The van der Waals surface area contributed by atoms with Crippen molar-refractivity contribution in [2.45, 2.75) is 12.5 Å². The summed E-state index contributed by atoms with van der Waals surface area (Å²) < 4.78 is 32.0. The minimum atomic E-state index is -3.35. The van der Waals surface area contributed by atoms with Crippen LogP contribution in [0.5, 0.6) is 5.88 Å². The maximum absolute atomic E-state index is 11.9. The Labute approximate surface area is 107 Å². The van der Waals surface area contributed by atoms with Crippen LogP contribution in [0.2, 0.25) is 0 Å². The standard InChI is InChI=1S/C10H16N4O3S/c1-13(2)18(15,16)14-7-5-9(8-14)17-10-4-3-6-11-12-10/h3-4,6,9H,5,7-8H2,1-2H3. The van der Waals surface area contributed by atoms with Gasteiger partial charge in [-0.3, -0.25) is 0 Å². The Morgan fingerprint density at radius 2 is 2.28 bits per heavy atom. The highest BCUT2D eigenvalue weighted by Gasteiger charge is 2.33. The van der Waals surface area contributed by atoms with Crippen LogP contribution in [0.3, 0.4) is 0 Å². The first kappa shape index (κ1) is 13.2. The Hall–Kier alpha value is -1.25. The molecule has 7 nitrogen and oxygen atoms in total. The first-order valence-corrected chi connectivity index (χ1v) is 7.02. The topological polar surface area (TPSA) is 75.6 Å². The molecule has 100 valence electrons. The zero-order valence-electron chi connectivity index (χ0n) is 10.4. The lowest BCUT2D eigenvalue weighted by Crippen LogP contribution is -2.39. The summed E-state index contributed by atoms with van der Waals surface area (Å²) in [6, 6.07) is 3.43. The molecule has 18 heavy (non-hydrogen) atoms. The van der Waals surface area contributed by atoms with Crippen LogP contribution in [0.25, 0.3) is 0 Å². The molecule has 0 aliphatic carbocycles. The maximum Gasteiger partial charge on any atom is 0.281 e. The molecule has 1 saturated heterocycles. The minimum absolute atomic E-state index is 0.170. The number of hydrogen-bond donors (Lipinski definition) is 0. The summed E-state index contributed by atoms with van der Waals surface area (Å²) >= 11 is 0. The van der Waals surface area contributed by atoms with Gasteiger partial charge in [0.1, 0.15) is 6.10 Å². The summed E-state index contributed by atoms with van der Waals surface area (Å²) in [7, 11) is -0.311. The first-order valence-electron chi connectivity index (χ1n) is 5.62. The van der Waals surface area contributed by atoms with E-state index in [0.717, 1.165) is 0 Å². The Morgan fingerprint density at radius 3 is 2.89 bits per heavy atom. The second kappa shape index (κ2) is 5.17. The number of ether oxygens (including phenoxy) is 1. The Kier molecular flexibility index (Phi) is 3.79. The van der Waals surface area contributed by atoms with Gasteiger partial charge in [-0.1, -0.05) is 0 Å². The third kappa shape index (κ3) is 2.77. The van der Waals surface area contributed by atoms with Gasteiger partial charge in [0.15, 0.2) is 0 Å². The van der Waals surface area contributed by atoms with Crippen molar-refractivity contribution in [2.75, 3.05) is 27.2 Å². The molecule has 1 aromatic rings. The molecule has 1 aromatic heterocycles. The summed E-state index contributed by atoms with van der Waals surface area (Å²) in [5.74, 6) is 0.423. The van der Waals surface area contributed by atoms with Crippen molar-refractivity contribution in [1.29, 1.82) is 0 Å². The van der Waals surface area contributed by atoms with Crippen molar-refractivity contribution in [2.24, 2.45) is 0 Å². The van der Waals surface area contributed by atoms with Crippen LogP contribution < -0.4 is 4.74 Å². The van der Waals surface area contributed by atoms with Gasteiger partial charge in [0.25, 0.3) is 10.2 Å². The first-order chi connectivity index (χ1) is 8.50. The van der Waals surface area contributed by atoms with Gasteiger partial charge in [-0.05, 0) is 12.5 Å². The molecular weight excluding hydrogens is 256 g/mol. The van der Waals surface area contributed by atoms with Crippen LogP contribution in [-0.2, 0) is 10.2 Å². The van der Waals surface area contributed by atoms with E-state index < -0.39 is 10.2 Å². The zero-order chi connectivity index (χ0) is 13.2. The highest BCUT2D eigenvalue weighted by molar-refractivity contribution is 7.86. The lowest BCUT2D eigenvalue weighted by molar-refractivity contribution is 0.204. The molecule has 0 bridgehead atoms. The predicted molar refractivity (Wildman–Crippen MR) is 65.2 cm³/mol. The lowest BCUT2D eigenvalue weighted by atomic mass is 10.3. The summed E-state index contributed by atoms with van der Waals surface area (Å²) in [6.45, 7) is 0.808. The molecule has 1 fully saturated rings. The molecule has 0 radical (unpaired) electrons. The van der Waals surface area contributed by atoms with E-state index >= 15 is 0 Å². The Morgan fingerprint density at radius 1 is 1.50 bits per heavy atom. The molecule has 2 rings (SSSR count). The average molecular weight is 272 g/mol. The van der Waals surface area contributed by atoms with E-state index in [1.54, 1.807) is 18.3 Å². The molecule has 1 unspecified atom stereocenters.